The molecule has 4 rings (SSSR count). The zero-order valence-electron chi connectivity index (χ0n) is 16.5. The quantitative estimate of drug-likeness (QED) is 0.699. The summed E-state index contributed by atoms with van der Waals surface area (Å²) in [5.41, 5.74) is 2.88. The Morgan fingerprint density at radius 2 is 1.59 bits per heavy atom. The Kier molecular flexibility index (Phi) is 6.15. The van der Waals surface area contributed by atoms with Crippen molar-refractivity contribution in [2.75, 3.05) is 18.0 Å². The van der Waals surface area contributed by atoms with E-state index in [1.54, 1.807) is 12.3 Å². The van der Waals surface area contributed by atoms with Gasteiger partial charge < -0.3 is 10.2 Å². The predicted molar refractivity (Wildman–Crippen MR) is 115 cm³/mol. The van der Waals surface area contributed by atoms with E-state index in [9.17, 15) is 4.79 Å². The van der Waals surface area contributed by atoms with Gasteiger partial charge in [-0.05, 0) is 42.4 Å². The highest BCUT2D eigenvalue weighted by atomic mass is 16.1. The van der Waals surface area contributed by atoms with Gasteiger partial charge in [0.1, 0.15) is 5.69 Å². The molecule has 1 fully saturated rings. The van der Waals surface area contributed by atoms with Gasteiger partial charge in [-0.3, -0.25) is 4.79 Å². The molecule has 2 heterocycles. The van der Waals surface area contributed by atoms with Gasteiger partial charge in [-0.15, -0.1) is 0 Å². The van der Waals surface area contributed by atoms with E-state index < -0.39 is 0 Å². The summed E-state index contributed by atoms with van der Waals surface area (Å²) in [7, 11) is 0. The second-order valence-corrected chi connectivity index (χ2v) is 7.53. The van der Waals surface area contributed by atoms with E-state index in [-0.39, 0.29) is 5.91 Å². The summed E-state index contributed by atoms with van der Waals surface area (Å²) >= 11 is 0. The fraction of sp³-hybridized carbons (Fsp3) is 0.292. The number of nitrogens with zero attached hydrogens (tertiary/aromatic N) is 3. The number of anilines is 1. The third kappa shape index (κ3) is 5.19. The van der Waals surface area contributed by atoms with Crippen molar-refractivity contribution in [3.05, 3.63) is 89.7 Å². The van der Waals surface area contributed by atoms with Crippen molar-refractivity contribution >= 4 is 11.9 Å². The molecule has 0 bridgehead atoms. The molecule has 0 spiro atoms. The molecule has 1 saturated heterocycles. The normalized spacial score (nSPS) is 14.6. The summed E-state index contributed by atoms with van der Waals surface area (Å²) in [5, 5.41) is 2.93. The Morgan fingerprint density at radius 1 is 0.931 bits per heavy atom. The SMILES string of the molecule is O=C(NCc1ccccc1)c1ccnc(N2CCC(Cc3ccccc3)CC2)n1. The largest absolute Gasteiger partial charge is 0.347 e. The molecule has 2 aromatic carbocycles. The second kappa shape index (κ2) is 9.32. The van der Waals surface area contributed by atoms with Crippen molar-refractivity contribution in [1.82, 2.24) is 15.3 Å². The van der Waals surface area contributed by atoms with Gasteiger partial charge in [-0.2, -0.15) is 0 Å². The maximum absolute atomic E-state index is 12.5. The van der Waals surface area contributed by atoms with Crippen LogP contribution in [0.2, 0.25) is 0 Å². The molecule has 3 aromatic rings. The summed E-state index contributed by atoms with van der Waals surface area (Å²) in [6.07, 6.45) is 5.03. The summed E-state index contributed by atoms with van der Waals surface area (Å²) in [6, 6.07) is 22.2. The van der Waals surface area contributed by atoms with E-state index in [1.807, 2.05) is 30.3 Å². The number of piperidine rings is 1. The van der Waals surface area contributed by atoms with Crippen LogP contribution in [0.4, 0.5) is 5.95 Å². The first kappa shape index (κ1) is 19.1. The topological polar surface area (TPSA) is 58.1 Å². The number of hydrogen-bond donors (Lipinski definition) is 1. The molecule has 1 aliphatic heterocycles. The smallest absolute Gasteiger partial charge is 0.270 e. The lowest BCUT2D eigenvalue weighted by Crippen LogP contribution is -2.36. The Balaban J connectivity index is 1.32. The molecule has 0 saturated carbocycles. The summed E-state index contributed by atoms with van der Waals surface area (Å²) in [4.78, 5) is 23.6. The Bertz CT molecular complexity index is 922. The first-order valence-electron chi connectivity index (χ1n) is 10.2. The van der Waals surface area contributed by atoms with Gasteiger partial charge in [0, 0.05) is 25.8 Å². The van der Waals surface area contributed by atoms with Crippen LogP contribution in [0.5, 0.6) is 0 Å². The lowest BCUT2D eigenvalue weighted by atomic mass is 9.90. The standard InChI is InChI=1S/C24H26N4O/c29-23(26-18-21-9-5-2-6-10-21)22-11-14-25-24(27-22)28-15-12-20(13-16-28)17-19-7-3-1-4-8-19/h1-11,14,20H,12-13,15-18H2,(H,26,29). The van der Waals surface area contributed by atoms with Crippen LogP contribution in [0.25, 0.3) is 0 Å². The van der Waals surface area contributed by atoms with E-state index >= 15 is 0 Å². The van der Waals surface area contributed by atoms with Gasteiger partial charge in [-0.25, -0.2) is 9.97 Å². The van der Waals surface area contributed by atoms with Crippen LogP contribution in [0.1, 0.15) is 34.5 Å². The van der Waals surface area contributed by atoms with Crippen molar-refractivity contribution in [2.24, 2.45) is 5.92 Å². The molecule has 148 valence electrons. The van der Waals surface area contributed by atoms with Gasteiger partial charge in [0.15, 0.2) is 0 Å². The second-order valence-electron chi connectivity index (χ2n) is 7.53. The summed E-state index contributed by atoms with van der Waals surface area (Å²) in [5.74, 6) is 1.16. The minimum absolute atomic E-state index is 0.170. The minimum Gasteiger partial charge on any atom is -0.347 e. The van der Waals surface area contributed by atoms with Crippen LogP contribution in [0, 0.1) is 5.92 Å². The number of hydrogen-bond acceptors (Lipinski definition) is 4. The van der Waals surface area contributed by atoms with Gasteiger partial charge >= 0.3 is 0 Å². The molecule has 5 nitrogen and oxygen atoms in total. The number of aromatic nitrogens is 2. The molecule has 0 unspecified atom stereocenters. The van der Waals surface area contributed by atoms with Crippen molar-refractivity contribution in [1.29, 1.82) is 0 Å². The Labute approximate surface area is 171 Å². The van der Waals surface area contributed by atoms with Crippen LogP contribution >= 0.6 is 0 Å². The lowest BCUT2D eigenvalue weighted by Gasteiger charge is -2.32. The third-order valence-electron chi connectivity index (χ3n) is 5.44. The fourth-order valence-corrected chi connectivity index (χ4v) is 3.78. The molecule has 5 heteroatoms. The number of amides is 1. The van der Waals surface area contributed by atoms with Crippen LogP contribution in [-0.2, 0) is 13.0 Å². The van der Waals surface area contributed by atoms with E-state index in [2.05, 4.69) is 50.5 Å². The molecule has 1 N–H and O–H groups in total. The average molecular weight is 386 g/mol. The number of benzene rings is 2. The molecule has 0 aliphatic carbocycles. The summed E-state index contributed by atoms with van der Waals surface area (Å²) in [6.45, 7) is 2.34. The van der Waals surface area contributed by atoms with Gasteiger partial charge in [0.05, 0.1) is 0 Å². The first-order chi connectivity index (χ1) is 14.3. The van der Waals surface area contributed by atoms with Crippen molar-refractivity contribution < 1.29 is 4.79 Å². The number of carbonyl (C=O) groups excluding carboxylic acids is 1. The Hall–Kier alpha value is -3.21. The predicted octanol–water partition coefficient (Wildman–Crippen LogP) is 3.87. The minimum atomic E-state index is -0.170. The first-order valence-corrected chi connectivity index (χ1v) is 10.2. The molecular weight excluding hydrogens is 360 g/mol. The van der Waals surface area contributed by atoms with Crippen LogP contribution in [0.3, 0.4) is 0 Å². The molecule has 1 aliphatic rings. The van der Waals surface area contributed by atoms with Crippen molar-refractivity contribution in [2.45, 2.75) is 25.8 Å². The summed E-state index contributed by atoms with van der Waals surface area (Å²) < 4.78 is 0. The Morgan fingerprint density at radius 3 is 2.28 bits per heavy atom. The zero-order valence-corrected chi connectivity index (χ0v) is 16.5. The maximum atomic E-state index is 12.5. The highest BCUT2D eigenvalue weighted by molar-refractivity contribution is 5.92. The van der Waals surface area contributed by atoms with Crippen molar-refractivity contribution in [3.8, 4) is 0 Å². The van der Waals surface area contributed by atoms with Crippen LogP contribution in [0.15, 0.2) is 72.9 Å². The molecule has 0 radical (unpaired) electrons. The van der Waals surface area contributed by atoms with E-state index in [1.165, 1.54) is 5.56 Å². The van der Waals surface area contributed by atoms with E-state index in [0.29, 0.717) is 24.1 Å². The highest BCUT2D eigenvalue weighted by Gasteiger charge is 2.22. The molecule has 1 aromatic heterocycles. The van der Waals surface area contributed by atoms with Gasteiger partial charge in [-0.1, -0.05) is 60.7 Å². The molecular formula is C24H26N4O. The number of carbonyl (C=O) groups is 1. The van der Waals surface area contributed by atoms with Gasteiger partial charge in [0.2, 0.25) is 5.95 Å². The average Bonchev–Trinajstić information content (AvgIpc) is 2.79. The molecule has 29 heavy (non-hydrogen) atoms. The fourth-order valence-electron chi connectivity index (χ4n) is 3.78. The van der Waals surface area contributed by atoms with Crippen LogP contribution < -0.4 is 10.2 Å². The van der Waals surface area contributed by atoms with Crippen molar-refractivity contribution in [3.63, 3.8) is 0 Å². The number of rotatable bonds is 6. The molecule has 0 atom stereocenters. The highest BCUT2D eigenvalue weighted by Crippen LogP contribution is 2.24. The van der Waals surface area contributed by atoms with Gasteiger partial charge in [0.25, 0.3) is 5.91 Å². The van der Waals surface area contributed by atoms with Crippen LogP contribution in [-0.4, -0.2) is 29.0 Å². The molecule has 1 amide bonds. The zero-order chi connectivity index (χ0) is 19.9. The lowest BCUT2D eigenvalue weighted by molar-refractivity contribution is 0.0945. The van der Waals surface area contributed by atoms with E-state index in [0.717, 1.165) is 37.9 Å². The van der Waals surface area contributed by atoms with E-state index in [4.69, 9.17) is 0 Å². The maximum Gasteiger partial charge on any atom is 0.270 e. The number of nitrogens with one attached hydrogen (secondary N) is 1. The monoisotopic (exact) mass is 386 g/mol. The third-order valence-corrected chi connectivity index (χ3v) is 5.44.